The second-order valence-electron chi connectivity index (χ2n) is 7.05. The molecule has 0 bridgehead atoms. The summed E-state index contributed by atoms with van der Waals surface area (Å²) in [5.41, 5.74) is 5.76. The van der Waals surface area contributed by atoms with Gasteiger partial charge in [-0.1, -0.05) is 54.9 Å². The van der Waals surface area contributed by atoms with E-state index in [0.29, 0.717) is 22.4 Å². The average molecular weight is 415 g/mol. The summed E-state index contributed by atoms with van der Waals surface area (Å²) in [5.74, 6) is 2.04. The van der Waals surface area contributed by atoms with Crippen molar-refractivity contribution in [2.75, 3.05) is 5.32 Å². The molecule has 0 aliphatic carbocycles. The smallest absolute Gasteiger partial charge is 0.220 e. The molecule has 0 unspecified atom stereocenters. The van der Waals surface area contributed by atoms with Gasteiger partial charge in [-0.25, -0.2) is 4.98 Å². The van der Waals surface area contributed by atoms with Gasteiger partial charge in [-0.05, 0) is 53.5 Å². The number of fused-ring (bicyclic) bond motifs is 2. The van der Waals surface area contributed by atoms with Crippen LogP contribution in [0.15, 0.2) is 88.7 Å². The summed E-state index contributed by atoms with van der Waals surface area (Å²) < 4.78 is 11.8. The molecule has 148 valence electrons. The van der Waals surface area contributed by atoms with Crippen molar-refractivity contribution in [2.24, 2.45) is 0 Å². The fourth-order valence-corrected chi connectivity index (χ4v) is 3.59. The standard InChI is InChI=1S/C25H19ClN2O2/c1-2-16(13-25-28-21-15-19(26)9-11-23(21)30-25)12-24-27-20-14-18(8-10-22(20)29-24)17-6-4-3-5-7-17/h3-15,27H,2H2,1H3. The van der Waals surface area contributed by atoms with Crippen LogP contribution in [0, 0.1) is 0 Å². The van der Waals surface area contributed by atoms with E-state index in [0.717, 1.165) is 34.5 Å². The lowest BCUT2D eigenvalue weighted by Gasteiger charge is -2.03. The highest BCUT2D eigenvalue weighted by Gasteiger charge is 2.17. The molecule has 0 atom stereocenters. The van der Waals surface area contributed by atoms with Crippen molar-refractivity contribution in [3.8, 4) is 16.9 Å². The molecule has 1 aliphatic rings. The Hall–Kier alpha value is -3.50. The van der Waals surface area contributed by atoms with Crippen LogP contribution in [0.5, 0.6) is 5.75 Å². The van der Waals surface area contributed by atoms with E-state index in [9.17, 15) is 0 Å². The molecule has 30 heavy (non-hydrogen) atoms. The Labute approximate surface area is 179 Å². The number of nitrogens with one attached hydrogen (secondary N) is 1. The zero-order valence-corrected chi connectivity index (χ0v) is 17.1. The van der Waals surface area contributed by atoms with Crippen LogP contribution in [-0.2, 0) is 0 Å². The molecule has 2 heterocycles. The molecule has 0 amide bonds. The van der Waals surface area contributed by atoms with Gasteiger partial charge < -0.3 is 14.5 Å². The first-order chi connectivity index (χ1) is 14.7. The number of halogens is 1. The molecule has 5 rings (SSSR count). The molecule has 0 radical (unpaired) electrons. The van der Waals surface area contributed by atoms with E-state index in [4.69, 9.17) is 20.8 Å². The Bertz CT molecular complexity index is 1290. The average Bonchev–Trinajstić information content (AvgIpc) is 3.35. The molecule has 3 aromatic carbocycles. The van der Waals surface area contributed by atoms with Crippen molar-refractivity contribution in [2.45, 2.75) is 13.3 Å². The zero-order chi connectivity index (χ0) is 20.5. The second kappa shape index (κ2) is 7.73. The Morgan fingerprint density at radius 2 is 1.90 bits per heavy atom. The first-order valence-electron chi connectivity index (χ1n) is 9.80. The van der Waals surface area contributed by atoms with Crippen molar-refractivity contribution in [1.29, 1.82) is 0 Å². The van der Waals surface area contributed by atoms with Crippen molar-refractivity contribution < 1.29 is 9.15 Å². The Morgan fingerprint density at radius 3 is 2.73 bits per heavy atom. The zero-order valence-electron chi connectivity index (χ0n) is 16.4. The van der Waals surface area contributed by atoms with Crippen molar-refractivity contribution in [1.82, 2.24) is 4.98 Å². The number of hydrogen-bond donors (Lipinski definition) is 1. The highest BCUT2D eigenvalue weighted by Crippen LogP contribution is 2.37. The Morgan fingerprint density at radius 1 is 1.03 bits per heavy atom. The topological polar surface area (TPSA) is 47.3 Å². The van der Waals surface area contributed by atoms with Crippen LogP contribution in [0.25, 0.3) is 28.3 Å². The number of ether oxygens (including phenoxy) is 1. The van der Waals surface area contributed by atoms with Crippen LogP contribution in [0.1, 0.15) is 19.2 Å². The SMILES string of the molecule is CCC(=Cc1nc2cc(Cl)ccc2o1)C=C1Nc2cc(-c3ccccc3)ccc2O1. The van der Waals surface area contributed by atoms with Gasteiger partial charge in [0.1, 0.15) is 5.52 Å². The number of anilines is 1. The summed E-state index contributed by atoms with van der Waals surface area (Å²) in [6.45, 7) is 2.08. The number of oxazole rings is 1. The molecule has 1 N–H and O–H groups in total. The normalized spacial score (nSPS) is 14.6. The minimum Gasteiger partial charge on any atom is -0.439 e. The van der Waals surface area contributed by atoms with Gasteiger partial charge in [0.25, 0.3) is 0 Å². The van der Waals surface area contributed by atoms with E-state index in [2.05, 4.69) is 41.5 Å². The van der Waals surface area contributed by atoms with Gasteiger partial charge in [0, 0.05) is 17.2 Å². The van der Waals surface area contributed by atoms with Gasteiger partial charge in [-0.2, -0.15) is 0 Å². The number of nitrogens with zero attached hydrogens (tertiary/aromatic N) is 1. The third kappa shape index (κ3) is 3.70. The van der Waals surface area contributed by atoms with E-state index in [1.54, 1.807) is 12.1 Å². The lowest BCUT2D eigenvalue weighted by molar-refractivity contribution is 0.456. The van der Waals surface area contributed by atoms with E-state index in [-0.39, 0.29) is 0 Å². The van der Waals surface area contributed by atoms with E-state index < -0.39 is 0 Å². The predicted molar refractivity (Wildman–Crippen MR) is 121 cm³/mol. The van der Waals surface area contributed by atoms with Crippen LogP contribution in [0.4, 0.5) is 5.69 Å². The molecule has 1 aromatic heterocycles. The molecule has 1 aliphatic heterocycles. The maximum absolute atomic E-state index is 6.04. The molecule has 0 saturated carbocycles. The number of allylic oxidation sites excluding steroid dienone is 2. The summed E-state index contributed by atoms with van der Waals surface area (Å²) in [5, 5.41) is 4.00. The van der Waals surface area contributed by atoms with Gasteiger partial charge in [0.15, 0.2) is 17.2 Å². The number of benzene rings is 3. The van der Waals surface area contributed by atoms with Gasteiger partial charge in [-0.15, -0.1) is 0 Å². The monoisotopic (exact) mass is 414 g/mol. The van der Waals surface area contributed by atoms with Gasteiger partial charge >= 0.3 is 0 Å². The largest absolute Gasteiger partial charge is 0.439 e. The maximum atomic E-state index is 6.04. The van der Waals surface area contributed by atoms with Crippen molar-refractivity contribution >= 4 is 34.5 Å². The molecule has 0 saturated heterocycles. The summed E-state index contributed by atoms with van der Waals surface area (Å²) in [6.07, 6.45) is 4.70. The summed E-state index contributed by atoms with van der Waals surface area (Å²) in [4.78, 5) is 4.50. The molecule has 0 fully saturated rings. The Balaban J connectivity index is 1.40. The molecule has 4 aromatic rings. The second-order valence-corrected chi connectivity index (χ2v) is 7.49. The number of rotatable bonds is 4. The minimum atomic E-state index is 0.544. The lowest BCUT2D eigenvalue weighted by Crippen LogP contribution is -1.97. The highest BCUT2D eigenvalue weighted by molar-refractivity contribution is 6.31. The highest BCUT2D eigenvalue weighted by atomic mass is 35.5. The fraction of sp³-hybridized carbons (Fsp3) is 0.0800. The van der Waals surface area contributed by atoms with E-state index in [1.165, 1.54) is 5.56 Å². The van der Waals surface area contributed by atoms with Crippen molar-refractivity contribution in [3.05, 3.63) is 95.2 Å². The van der Waals surface area contributed by atoms with Crippen LogP contribution < -0.4 is 10.1 Å². The minimum absolute atomic E-state index is 0.544. The van der Waals surface area contributed by atoms with E-state index in [1.807, 2.05) is 42.5 Å². The number of aromatic nitrogens is 1. The maximum Gasteiger partial charge on any atom is 0.220 e. The molecule has 4 nitrogen and oxygen atoms in total. The molecule has 5 heteroatoms. The first-order valence-corrected chi connectivity index (χ1v) is 10.2. The first kappa shape index (κ1) is 18.5. The molecular weight excluding hydrogens is 396 g/mol. The van der Waals surface area contributed by atoms with Crippen LogP contribution in [0.2, 0.25) is 5.02 Å². The lowest BCUT2D eigenvalue weighted by atomic mass is 10.1. The fourth-order valence-electron chi connectivity index (χ4n) is 3.42. The quantitative estimate of drug-likeness (QED) is 0.381. The van der Waals surface area contributed by atoms with Crippen LogP contribution >= 0.6 is 11.6 Å². The summed E-state index contributed by atoms with van der Waals surface area (Å²) >= 11 is 6.04. The number of hydrogen-bond acceptors (Lipinski definition) is 4. The summed E-state index contributed by atoms with van der Waals surface area (Å²) in [6, 6.07) is 21.9. The van der Waals surface area contributed by atoms with Crippen LogP contribution in [-0.4, -0.2) is 4.98 Å². The Kier molecular flexibility index (Phi) is 4.77. The molecule has 0 spiro atoms. The summed E-state index contributed by atoms with van der Waals surface area (Å²) in [7, 11) is 0. The van der Waals surface area contributed by atoms with Gasteiger partial charge in [0.05, 0.1) is 5.69 Å². The predicted octanol–water partition coefficient (Wildman–Crippen LogP) is 7.29. The van der Waals surface area contributed by atoms with Crippen LogP contribution in [0.3, 0.4) is 0 Å². The molecular formula is C25H19ClN2O2. The van der Waals surface area contributed by atoms with Gasteiger partial charge in [-0.3, -0.25) is 0 Å². The van der Waals surface area contributed by atoms with E-state index >= 15 is 0 Å². The third-order valence-electron chi connectivity index (χ3n) is 4.96. The van der Waals surface area contributed by atoms with Crippen molar-refractivity contribution in [3.63, 3.8) is 0 Å². The van der Waals surface area contributed by atoms with Gasteiger partial charge in [0.2, 0.25) is 5.89 Å². The third-order valence-corrected chi connectivity index (χ3v) is 5.20.